The molecule has 144 valence electrons. The molecule has 2 aliphatic heterocycles. The van der Waals surface area contributed by atoms with Crippen LogP contribution in [-0.4, -0.2) is 56.2 Å². The van der Waals surface area contributed by atoms with Gasteiger partial charge in [-0.1, -0.05) is 13.8 Å². The molecule has 24 heavy (non-hydrogen) atoms. The second-order valence-corrected chi connectivity index (χ2v) is 6.97. The first-order valence-corrected chi connectivity index (χ1v) is 8.94. The van der Waals surface area contributed by atoms with Crippen LogP contribution in [-0.2, 0) is 9.53 Å². The lowest BCUT2D eigenvalue weighted by Crippen LogP contribution is -2.52. The monoisotopic (exact) mass is 383 g/mol. The minimum atomic E-state index is -0.377. The highest BCUT2D eigenvalue weighted by Gasteiger charge is 2.35. The molecule has 1 unspecified atom stereocenters. The number of amides is 1. The van der Waals surface area contributed by atoms with E-state index in [1.807, 2.05) is 0 Å². The van der Waals surface area contributed by atoms with Crippen LogP contribution < -0.4 is 11.1 Å². The van der Waals surface area contributed by atoms with Crippen molar-refractivity contribution in [1.82, 2.24) is 10.2 Å². The van der Waals surface area contributed by atoms with Crippen molar-refractivity contribution in [2.75, 3.05) is 39.4 Å². The smallest absolute Gasteiger partial charge is 0.227 e. The Morgan fingerprint density at radius 3 is 2.29 bits per heavy atom. The highest BCUT2D eigenvalue weighted by atomic mass is 35.5. The molecule has 2 rings (SSSR count). The molecule has 7 heteroatoms. The van der Waals surface area contributed by atoms with E-state index in [2.05, 4.69) is 24.1 Å². The number of piperidine rings is 1. The van der Waals surface area contributed by atoms with Gasteiger partial charge in [0.2, 0.25) is 5.91 Å². The van der Waals surface area contributed by atoms with E-state index in [0.717, 1.165) is 58.5 Å². The normalized spacial score (nSPS) is 22.5. The van der Waals surface area contributed by atoms with Crippen LogP contribution in [0.15, 0.2) is 0 Å². The van der Waals surface area contributed by atoms with Gasteiger partial charge in [0.1, 0.15) is 0 Å². The molecule has 0 aliphatic carbocycles. The molecule has 1 atom stereocenters. The Labute approximate surface area is 159 Å². The zero-order chi connectivity index (χ0) is 16.0. The third kappa shape index (κ3) is 6.03. The van der Waals surface area contributed by atoms with Gasteiger partial charge >= 0.3 is 0 Å². The number of hydrogen-bond acceptors (Lipinski definition) is 4. The SMILES string of the molecule is CCC(CC)(CN)C(=O)NC1CCN(CC2CCOC2)CC1.Cl.Cl. The summed E-state index contributed by atoms with van der Waals surface area (Å²) in [6, 6.07) is 0.313. The van der Waals surface area contributed by atoms with Gasteiger partial charge < -0.3 is 20.7 Å². The maximum absolute atomic E-state index is 12.6. The largest absolute Gasteiger partial charge is 0.381 e. The molecule has 3 N–H and O–H groups in total. The number of nitrogens with two attached hydrogens (primary N) is 1. The molecule has 2 heterocycles. The fourth-order valence-electron chi connectivity index (χ4n) is 3.64. The van der Waals surface area contributed by atoms with E-state index in [9.17, 15) is 4.79 Å². The maximum Gasteiger partial charge on any atom is 0.227 e. The van der Waals surface area contributed by atoms with E-state index in [-0.39, 0.29) is 36.1 Å². The number of nitrogens with one attached hydrogen (secondary N) is 1. The van der Waals surface area contributed by atoms with Gasteiger partial charge in [0.05, 0.1) is 12.0 Å². The van der Waals surface area contributed by atoms with Gasteiger partial charge in [0.25, 0.3) is 0 Å². The molecule has 5 nitrogen and oxygen atoms in total. The Balaban J connectivity index is 0.00000264. The lowest BCUT2D eigenvalue weighted by molar-refractivity contribution is -0.132. The number of likely N-dealkylation sites (tertiary alicyclic amines) is 1. The van der Waals surface area contributed by atoms with Crippen LogP contribution in [0, 0.1) is 11.3 Å². The molecule has 2 aliphatic rings. The quantitative estimate of drug-likeness (QED) is 0.706. The molecule has 0 spiro atoms. The molecular weight excluding hydrogens is 349 g/mol. The zero-order valence-corrected chi connectivity index (χ0v) is 16.7. The van der Waals surface area contributed by atoms with Crippen molar-refractivity contribution < 1.29 is 9.53 Å². The molecule has 0 radical (unpaired) electrons. The van der Waals surface area contributed by atoms with E-state index in [4.69, 9.17) is 10.5 Å². The lowest BCUT2D eigenvalue weighted by atomic mass is 9.81. The van der Waals surface area contributed by atoms with Crippen molar-refractivity contribution in [3.8, 4) is 0 Å². The van der Waals surface area contributed by atoms with Gasteiger partial charge in [0.15, 0.2) is 0 Å². The van der Waals surface area contributed by atoms with Crippen LogP contribution in [0.25, 0.3) is 0 Å². The second kappa shape index (κ2) is 11.5. The fraction of sp³-hybridized carbons (Fsp3) is 0.941. The molecule has 1 amide bonds. The Morgan fingerprint density at radius 2 is 1.83 bits per heavy atom. The van der Waals surface area contributed by atoms with Crippen LogP contribution in [0.4, 0.5) is 0 Å². The van der Waals surface area contributed by atoms with Crippen molar-refractivity contribution >= 4 is 30.7 Å². The third-order valence-corrected chi connectivity index (χ3v) is 5.69. The van der Waals surface area contributed by atoms with E-state index in [1.165, 1.54) is 6.42 Å². The van der Waals surface area contributed by atoms with Gasteiger partial charge in [0, 0.05) is 38.8 Å². The second-order valence-electron chi connectivity index (χ2n) is 6.97. The van der Waals surface area contributed by atoms with Crippen LogP contribution >= 0.6 is 24.8 Å². The summed E-state index contributed by atoms with van der Waals surface area (Å²) in [5.41, 5.74) is 5.49. The lowest BCUT2D eigenvalue weighted by Gasteiger charge is -2.36. The van der Waals surface area contributed by atoms with E-state index in [1.54, 1.807) is 0 Å². The molecule has 0 aromatic heterocycles. The first-order valence-electron chi connectivity index (χ1n) is 8.94. The standard InChI is InChI=1S/C17H33N3O2.2ClH/c1-3-17(4-2,13-18)16(21)19-15-5-8-20(9-6-15)11-14-7-10-22-12-14;;/h14-15H,3-13,18H2,1-2H3,(H,19,21);2*1H. The number of ether oxygens (including phenoxy) is 1. The van der Waals surface area contributed by atoms with Gasteiger partial charge in [-0.3, -0.25) is 4.79 Å². The third-order valence-electron chi connectivity index (χ3n) is 5.69. The Bertz CT molecular complexity index is 345. The van der Waals surface area contributed by atoms with E-state index in [0.29, 0.717) is 18.5 Å². The molecule has 0 aromatic rings. The van der Waals surface area contributed by atoms with E-state index >= 15 is 0 Å². The summed E-state index contributed by atoms with van der Waals surface area (Å²) in [4.78, 5) is 15.1. The van der Waals surface area contributed by atoms with Crippen molar-refractivity contribution in [3.63, 3.8) is 0 Å². The summed E-state index contributed by atoms with van der Waals surface area (Å²) in [6.45, 7) is 9.70. The Kier molecular flexibility index (Phi) is 11.5. The topological polar surface area (TPSA) is 67.6 Å². The summed E-state index contributed by atoms with van der Waals surface area (Å²) < 4.78 is 5.45. The van der Waals surface area contributed by atoms with Gasteiger partial charge in [-0.25, -0.2) is 0 Å². The summed E-state index contributed by atoms with van der Waals surface area (Å²) in [6.07, 6.45) is 4.92. The highest BCUT2D eigenvalue weighted by Crippen LogP contribution is 2.26. The predicted molar refractivity (Wildman–Crippen MR) is 103 cm³/mol. The first kappa shape index (κ1) is 23.9. The van der Waals surface area contributed by atoms with Crippen LogP contribution in [0.3, 0.4) is 0 Å². The average Bonchev–Trinajstić information content (AvgIpc) is 3.04. The molecule has 2 saturated heterocycles. The fourth-order valence-corrected chi connectivity index (χ4v) is 3.64. The average molecular weight is 384 g/mol. The van der Waals surface area contributed by atoms with Crippen molar-refractivity contribution in [3.05, 3.63) is 0 Å². The van der Waals surface area contributed by atoms with E-state index < -0.39 is 0 Å². The summed E-state index contributed by atoms with van der Waals surface area (Å²) in [7, 11) is 0. The number of carbonyl (C=O) groups is 1. The van der Waals surface area contributed by atoms with Crippen LogP contribution in [0.2, 0.25) is 0 Å². The van der Waals surface area contributed by atoms with Gasteiger partial charge in [-0.05, 0) is 38.0 Å². The number of rotatable bonds is 7. The summed E-state index contributed by atoms with van der Waals surface area (Å²) in [5.74, 6) is 0.860. The number of nitrogens with zero attached hydrogens (tertiary/aromatic N) is 1. The van der Waals surface area contributed by atoms with Crippen molar-refractivity contribution in [2.24, 2.45) is 17.1 Å². The Hall–Kier alpha value is -0.0700. The molecular formula is C17H35Cl2N3O2. The van der Waals surface area contributed by atoms with Crippen molar-refractivity contribution in [2.45, 2.75) is 52.0 Å². The molecule has 0 bridgehead atoms. The molecule has 2 fully saturated rings. The van der Waals surface area contributed by atoms with Crippen LogP contribution in [0.1, 0.15) is 46.0 Å². The summed E-state index contributed by atoms with van der Waals surface area (Å²) in [5, 5.41) is 3.26. The zero-order valence-electron chi connectivity index (χ0n) is 15.1. The summed E-state index contributed by atoms with van der Waals surface area (Å²) >= 11 is 0. The molecule has 0 saturated carbocycles. The molecule has 0 aromatic carbocycles. The van der Waals surface area contributed by atoms with Gasteiger partial charge in [-0.2, -0.15) is 0 Å². The highest BCUT2D eigenvalue weighted by molar-refractivity contribution is 5.85. The number of carbonyl (C=O) groups excluding carboxylic acids is 1. The number of halogens is 2. The predicted octanol–water partition coefficient (Wildman–Crippen LogP) is 2.21. The minimum absolute atomic E-state index is 0. The van der Waals surface area contributed by atoms with Crippen LogP contribution in [0.5, 0.6) is 0 Å². The first-order chi connectivity index (χ1) is 10.6. The van der Waals surface area contributed by atoms with Gasteiger partial charge in [-0.15, -0.1) is 24.8 Å². The Morgan fingerprint density at radius 1 is 1.21 bits per heavy atom. The minimum Gasteiger partial charge on any atom is -0.381 e. The maximum atomic E-state index is 12.6. The van der Waals surface area contributed by atoms with Crippen molar-refractivity contribution in [1.29, 1.82) is 0 Å². The number of hydrogen-bond donors (Lipinski definition) is 2.